The number of hydrogen-bond donors (Lipinski definition) is 1. The van der Waals surface area contributed by atoms with E-state index in [0.29, 0.717) is 18.2 Å². The molecule has 0 aliphatic carbocycles. The lowest BCUT2D eigenvalue weighted by atomic mass is 9.92. The van der Waals surface area contributed by atoms with Crippen molar-refractivity contribution in [3.8, 4) is 0 Å². The third-order valence-corrected chi connectivity index (χ3v) is 4.80. The van der Waals surface area contributed by atoms with Crippen molar-refractivity contribution in [3.05, 3.63) is 69.8 Å². The highest BCUT2D eigenvalue weighted by Crippen LogP contribution is 2.35. The standard InChI is InChI=1S/C19H21N3O3/c20-19(23)16-9-4-10-17(18(16)22(24)25)21-12-5-8-15(11-13-21)14-6-2-1-3-7-14/h1-4,6-7,9-10,15H,5,8,11-13H2,(H2,20,23). The second-order valence-corrected chi connectivity index (χ2v) is 6.32. The summed E-state index contributed by atoms with van der Waals surface area (Å²) in [5, 5.41) is 11.5. The highest BCUT2D eigenvalue weighted by molar-refractivity contribution is 5.99. The van der Waals surface area contributed by atoms with Gasteiger partial charge in [0, 0.05) is 13.1 Å². The Morgan fingerprint density at radius 1 is 1.08 bits per heavy atom. The van der Waals surface area contributed by atoms with Gasteiger partial charge in [0.2, 0.25) is 0 Å². The fourth-order valence-electron chi connectivity index (χ4n) is 3.57. The third kappa shape index (κ3) is 3.63. The van der Waals surface area contributed by atoms with Gasteiger partial charge in [-0.05, 0) is 42.9 Å². The molecule has 2 aromatic carbocycles. The predicted molar refractivity (Wildman–Crippen MR) is 96.9 cm³/mol. The Morgan fingerprint density at radius 2 is 1.84 bits per heavy atom. The normalized spacial score (nSPS) is 17.8. The highest BCUT2D eigenvalue weighted by Gasteiger charge is 2.28. The summed E-state index contributed by atoms with van der Waals surface area (Å²) in [6, 6.07) is 15.1. The number of amides is 1. The summed E-state index contributed by atoms with van der Waals surface area (Å²) in [4.78, 5) is 24.6. The van der Waals surface area contributed by atoms with Gasteiger partial charge >= 0.3 is 5.69 Å². The van der Waals surface area contributed by atoms with E-state index in [2.05, 4.69) is 12.1 Å². The van der Waals surface area contributed by atoms with Crippen molar-refractivity contribution in [1.29, 1.82) is 0 Å². The lowest BCUT2D eigenvalue weighted by Gasteiger charge is -2.23. The lowest BCUT2D eigenvalue weighted by molar-refractivity contribution is -0.384. The molecule has 130 valence electrons. The van der Waals surface area contributed by atoms with Gasteiger partial charge < -0.3 is 10.6 Å². The van der Waals surface area contributed by atoms with Gasteiger partial charge in [-0.15, -0.1) is 0 Å². The van der Waals surface area contributed by atoms with Crippen LogP contribution in [0.3, 0.4) is 0 Å². The quantitative estimate of drug-likeness (QED) is 0.682. The number of rotatable bonds is 4. The molecular weight excluding hydrogens is 318 g/mol. The Kier molecular flexibility index (Phi) is 4.97. The molecule has 1 saturated heterocycles. The molecule has 0 spiro atoms. The molecule has 2 aromatic rings. The van der Waals surface area contributed by atoms with E-state index in [-0.39, 0.29) is 11.3 Å². The van der Waals surface area contributed by atoms with Crippen molar-refractivity contribution in [2.24, 2.45) is 5.73 Å². The third-order valence-electron chi connectivity index (χ3n) is 4.80. The van der Waals surface area contributed by atoms with E-state index < -0.39 is 10.8 Å². The van der Waals surface area contributed by atoms with Crippen molar-refractivity contribution in [1.82, 2.24) is 0 Å². The fourth-order valence-corrected chi connectivity index (χ4v) is 3.57. The SMILES string of the molecule is NC(=O)c1cccc(N2CCCC(c3ccccc3)CC2)c1[N+](=O)[O-]. The molecule has 1 atom stereocenters. The number of hydrogen-bond acceptors (Lipinski definition) is 4. The zero-order chi connectivity index (χ0) is 17.8. The van der Waals surface area contributed by atoms with Crippen LogP contribution in [0.4, 0.5) is 11.4 Å². The first-order chi connectivity index (χ1) is 12.1. The number of carbonyl (C=O) groups excluding carboxylic acids is 1. The minimum absolute atomic E-state index is 0.0358. The van der Waals surface area contributed by atoms with E-state index >= 15 is 0 Å². The van der Waals surface area contributed by atoms with Crippen molar-refractivity contribution >= 4 is 17.3 Å². The average Bonchev–Trinajstić information content (AvgIpc) is 2.87. The Labute approximate surface area is 146 Å². The van der Waals surface area contributed by atoms with Crippen LogP contribution in [0.25, 0.3) is 0 Å². The van der Waals surface area contributed by atoms with Crippen molar-refractivity contribution in [2.45, 2.75) is 25.2 Å². The molecule has 0 radical (unpaired) electrons. The Hall–Kier alpha value is -2.89. The number of nitrogens with two attached hydrogens (primary N) is 1. The molecule has 1 fully saturated rings. The van der Waals surface area contributed by atoms with Gasteiger partial charge in [-0.1, -0.05) is 36.4 Å². The number of para-hydroxylation sites is 1. The van der Waals surface area contributed by atoms with Crippen LogP contribution < -0.4 is 10.6 Å². The van der Waals surface area contributed by atoms with Gasteiger partial charge in [0.1, 0.15) is 11.3 Å². The highest BCUT2D eigenvalue weighted by atomic mass is 16.6. The van der Waals surface area contributed by atoms with Gasteiger partial charge in [0.05, 0.1) is 4.92 Å². The van der Waals surface area contributed by atoms with Crippen LogP contribution in [0.15, 0.2) is 48.5 Å². The van der Waals surface area contributed by atoms with Crippen molar-refractivity contribution in [2.75, 3.05) is 18.0 Å². The largest absolute Gasteiger partial charge is 0.366 e. The van der Waals surface area contributed by atoms with E-state index in [4.69, 9.17) is 5.73 Å². The summed E-state index contributed by atoms with van der Waals surface area (Å²) in [6.45, 7) is 1.44. The second-order valence-electron chi connectivity index (χ2n) is 6.32. The molecule has 1 unspecified atom stereocenters. The van der Waals surface area contributed by atoms with E-state index in [1.165, 1.54) is 11.6 Å². The summed E-state index contributed by atoms with van der Waals surface area (Å²) in [7, 11) is 0. The molecule has 1 aliphatic rings. The molecule has 1 aliphatic heterocycles. The predicted octanol–water partition coefficient (Wildman–Crippen LogP) is 3.47. The minimum atomic E-state index is -0.773. The van der Waals surface area contributed by atoms with Gasteiger partial charge in [-0.25, -0.2) is 0 Å². The lowest BCUT2D eigenvalue weighted by Crippen LogP contribution is -2.26. The molecular formula is C19H21N3O3. The maximum absolute atomic E-state index is 11.6. The van der Waals surface area contributed by atoms with Crippen molar-refractivity contribution < 1.29 is 9.72 Å². The summed E-state index contributed by atoms with van der Waals surface area (Å²) in [5.74, 6) is -0.324. The summed E-state index contributed by atoms with van der Waals surface area (Å²) >= 11 is 0. The Morgan fingerprint density at radius 3 is 2.52 bits per heavy atom. The van der Waals surface area contributed by atoms with Crippen LogP contribution >= 0.6 is 0 Å². The number of benzene rings is 2. The maximum atomic E-state index is 11.6. The van der Waals surface area contributed by atoms with Crippen LogP contribution in [0.5, 0.6) is 0 Å². The van der Waals surface area contributed by atoms with E-state index in [1.807, 2.05) is 23.1 Å². The van der Waals surface area contributed by atoms with Crippen molar-refractivity contribution in [3.63, 3.8) is 0 Å². The van der Waals surface area contributed by atoms with Gasteiger partial charge in [-0.3, -0.25) is 14.9 Å². The topological polar surface area (TPSA) is 89.5 Å². The molecule has 0 bridgehead atoms. The number of primary amides is 1. The zero-order valence-corrected chi connectivity index (χ0v) is 13.9. The van der Waals surface area contributed by atoms with E-state index in [1.54, 1.807) is 12.1 Å². The maximum Gasteiger partial charge on any atom is 0.305 e. The zero-order valence-electron chi connectivity index (χ0n) is 13.9. The smallest absolute Gasteiger partial charge is 0.305 e. The second kappa shape index (κ2) is 7.34. The van der Waals surface area contributed by atoms with Crippen LogP contribution in [-0.4, -0.2) is 23.9 Å². The number of nitro groups is 1. The van der Waals surface area contributed by atoms with Gasteiger partial charge in [-0.2, -0.15) is 0 Å². The molecule has 2 N–H and O–H groups in total. The fraction of sp³-hybridized carbons (Fsp3) is 0.316. The van der Waals surface area contributed by atoms with Crippen LogP contribution in [-0.2, 0) is 0 Å². The van der Waals surface area contributed by atoms with Crippen LogP contribution in [0, 0.1) is 10.1 Å². The van der Waals surface area contributed by atoms with Gasteiger partial charge in [0.15, 0.2) is 0 Å². The van der Waals surface area contributed by atoms with E-state index in [9.17, 15) is 14.9 Å². The molecule has 0 saturated carbocycles. The Bertz CT molecular complexity index is 777. The molecule has 0 aromatic heterocycles. The summed E-state index contributed by atoms with van der Waals surface area (Å²) in [6.07, 6.45) is 2.91. The molecule has 25 heavy (non-hydrogen) atoms. The van der Waals surface area contributed by atoms with E-state index in [0.717, 1.165) is 25.8 Å². The number of anilines is 1. The monoisotopic (exact) mass is 339 g/mol. The first-order valence-electron chi connectivity index (χ1n) is 8.45. The number of nitro benzene ring substituents is 1. The molecule has 1 heterocycles. The summed E-state index contributed by atoms with van der Waals surface area (Å²) in [5.41, 5.74) is 6.89. The first-order valence-corrected chi connectivity index (χ1v) is 8.45. The Balaban J connectivity index is 1.87. The average molecular weight is 339 g/mol. The van der Waals surface area contributed by atoms with Crippen LogP contribution in [0.1, 0.15) is 41.1 Å². The van der Waals surface area contributed by atoms with Gasteiger partial charge in [0.25, 0.3) is 5.91 Å². The molecule has 1 amide bonds. The molecule has 6 heteroatoms. The molecule has 3 rings (SSSR count). The minimum Gasteiger partial charge on any atom is -0.366 e. The van der Waals surface area contributed by atoms with Crippen LogP contribution in [0.2, 0.25) is 0 Å². The summed E-state index contributed by atoms with van der Waals surface area (Å²) < 4.78 is 0. The number of carbonyl (C=O) groups is 1. The first kappa shape index (κ1) is 17.0. The molecule has 6 nitrogen and oxygen atoms in total. The number of nitrogens with zero attached hydrogens (tertiary/aromatic N) is 2.